The predicted molar refractivity (Wildman–Crippen MR) is 108 cm³/mol. The number of nitrogens with zero attached hydrogens (tertiary/aromatic N) is 5. The summed E-state index contributed by atoms with van der Waals surface area (Å²) in [6, 6.07) is 4.77. The highest BCUT2D eigenvalue weighted by Gasteiger charge is 2.31. The first-order chi connectivity index (χ1) is 13.9. The van der Waals surface area contributed by atoms with E-state index < -0.39 is 10.0 Å². The van der Waals surface area contributed by atoms with Crippen LogP contribution in [0.5, 0.6) is 0 Å². The van der Waals surface area contributed by atoms with E-state index in [9.17, 15) is 18.0 Å². The third kappa shape index (κ3) is 3.56. The maximum Gasteiger partial charge on any atom is 0.308 e. The smallest absolute Gasteiger partial charge is 0.308 e. The second-order valence-electron chi connectivity index (χ2n) is 6.53. The Balaban J connectivity index is 1.52. The molecule has 0 radical (unpaired) electrons. The van der Waals surface area contributed by atoms with Gasteiger partial charge in [0.2, 0.25) is 10.0 Å². The third-order valence-corrected chi connectivity index (χ3v) is 7.74. The molecule has 0 unspecified atom stereocenters. The van der Waals surface area contributed by atoms with Crippen LogP contribution in [-0.4, -0.2) is 64.2 Å². The van der Waals surface area contributed by atoms with Gasteiger partial charge in [-0.3, -0.25) is 19.1 Å². The number of rotatable bonds is 4. The molecule has 11 heteroatoms. The minimum atomic E-state index is -3.71. The lowest BCUT2D eigenvalue weighted by molar-refractivity contribution is 0.0691. The molecule has 2 aromatic heterocycles. The molecule has 0 saturated carbocycles. The Labute approximate surface area is 171 Å². The number of fused-ring (bicyclic) bond motifs is 1. The standard InChI is InChI=1S/C18H19N5O4S2/c1-2-23-15-4-3-13(11-16(15)28-18(23)25)29(26,27)22-9-7-21(8-10-22)17(24)14-12-19-5-6-20-14/h3-6,11-12H,2,7-10H2,1H3. The van der Waals surface area contributed by atoms with Crippen LogP contribution in [0, 0.1) is 0 Å². The highest BCUT2D eigenvalue weighted by atomic mass is 32.2. The number of benzene rings is 1. The lowest BCUT2D eigenvalue weighted by Gasteiger charge is -2.33. The second-order valence-corrected chi connectivity index (χ2v) is 9.46. The maximum absolute atomic E-state index is 13.1. The van der Waals surface area contributed by atoms with E-state index in [0.29, 0.717) is 11.2 Å². The average Bonchev–Trinajstić information content (AvgIpc) is 3.08. The number of hydrogen-bond acceptors (Lipinski definition) is 7. The summed E-state index contributed by atoms with van der Waals surface area (Å²) in [6.45, 7) is 3.34. The number of thiazole rings is 1. The number of piperazine rings is 1. The summed E-state index contributed by atoms with van der Waals surface area (Å²) in [6.07, 6.45) is 4.34. The van der Waals surface area contributed by atoms with E-state index >= 15 is 0 Å². The minimum Gasteiger partial charge on any atom is -0.335 e. The van der Waals surface area contributed by atoms with Crippen LogP contribution in [0.2, 0.25) is 0 Å². The molecular formula is C18H19N5O4S2. The van der Waals surface area contributed by atoms with Gasteiger partial charge < -0.3 is 4.90 Å². The van der Waals surface area contributed by atoms with Gasteiger partial charge >= 0.3 is 4.87 Å². The molecule has 1 fully saturated rings. The SMILES string of the molecule is CCn1c(=O)sc2cc(S(=O)(=O)N3CCN(C(=O)c4cnccn4)CC3)ccc21. The number of aryl methyl sites for hydroxylation is 1. The lowest BCUT2D eigenvalue weighted by Crippen LogP contribution is -2.50. The molecule has 4 rings (SSSR count). The van der Waals surface area contributed by atoms with Gasteiger partial charge in [-0.25, -0.2) is 13.4 Å². The Kier molecular flexibility index (Phi) is 5.19. The van der Waals surface area contributed by atoms with Gasteiger partial charge in [-0.05, 0) is 25.1 Å². The Morgan fingerprint density at radius 1 is 1.17 bits per heavy atom. The van der Waals surface area contributed by atoms with Gasteiger partial charge in [0.1, 0.15) is 5.69 Å². The molecule has 0 atom stereocenters. The van der Waals surface area contributed by atoms with Crippen molar-refractivity contribution in [1.29, 1.82) is 0 Å². The summed E-state index contributed by atoms with van der Waals surface area (Å²) in [7, 11) is -3.71. The van der Waals surface area contributed by atoms with Crippen molar-refractivity contribution in [1.82, 2.24) is 23.7 Å². The van der Waals surface area contributed by atoms with Crippen LogP contribution in [0.3, 0.4) is 0 Å². The number of amides is 1. The highest BCUT2D eigenvalue weighted by Crippen LogP contribution is 2.25. The van der Waals surface area contributed by atoms with Gasteiger partial charge in [-0.1, -0.05) is 11.3 Å². The number of sulfonamides is 1. The summed E-state index contributed by atoms with van der Waals surface area (Å²) >= 11 is 1.04. The monoisotopic (exact) mass is 433 g/mol. The summed E-state index contributed by atoms with van der Waals surface area (Å²) in [5.41, 5.74) is 0.977. The molecule has 0 aliphatic carbocycles. The summed E-state index contributed by atoms with van der Waals surface area (Å²) in [4.78, 5) is 34.0. The van der Waals surface area contributed by atoms with Crippen LogP contribution in [0.1, 0.15) is 17.4 Å². The minimum absolute atomic E-state index is 0.104. The Bertz CT molecular complexity index is 1210. The zero-order chi connectivity index (χ0) is 20.6. The molecule has 152 valence electrons. The molecule has 1 aliphatic rings. The van der Waals surface area contributed by atoms with E-state index in [2.05, 4.69) is 9.97 Å². The summed E-state index contributed by atoms with van der Waals surface area (Å²) in [5.74, 6) is -0.262. The number of carbonyl (C=O) groups is 1. The average molecular weight is 434 g/mol. The fourth-order valence-electron chi connectivity index (χ4n) is 3.36. The van der Waals surface area contributed by atoms with Crippen LogP contribution in [0.4, 0.5) is 0 Å². The Morgan fingerprint density at radius 2 is 1.93 bits per heavy atom. The second kappa shape index (κ2) is 7.65. The lowest BCUT2D eigenvalue weighted by atomic mass is 10.3. The van der Waals surface area contributed by atoms with E-state index in [1.807, 2.05) is 6.92 Å². The molecule has 3 aromatic rings. The summed E-state index contributed by atoms with van der Waals surface area (Å²) < 4.78 is 29.8. The van der Waals surface area contributed by atoms with E-state index in [1.165, 1.54) is 29.0 Å². The Hall–Kier alpha value is -2.63. The van der Waals surface area contributed by atoms with Crippen LogP contribution in [0.15, 0.2) is 46.5 Å². The van der Waals surface area contributed by atoms with Crippen molar-refractivity contribution >= 4 is 37.5 Å². The zero-order valence-electron chi connectivity index (χ0n) is 15.7. The van der Waals surface area contributed by atoms with Crippen molar-refractivity contribution in [2.75, 3.05) is 26.2 Å². The molecule has 0 spiro atoms. The summed E-state index contributed by atoms with van der Waals surface area (Å²) in [5, 5.41) is 0. The molecule has 0 N–H and O–H groups in total. The molecule has 1 saturated heterocycles. The molecule has 29 heavy (non-hydrogen) atoms. The molecule has 3 heterocycles. The number of aromatic nitrogens is 3. The van der Waals surface area contributed by atoms with Gasteiger partial charge in [-0.15, -0.1) is 0 Å². The van der Waals surface area contributed by atoms with Gasteiger partial charge in [0.15, 0.2) is 0 Å². The van der Waals surface area contributed by atoms with Crippen LogP contribution in [-0.2, 0) is 16.6 Å². The van der Waals surface area contributed by atoms with E-state index in [1.54, 1.807) is 21.6 Å². The largest absolute Gasteiger partial charge is 0.335 e. The first-order valence-electron chi connectivity index (χ1n) is 9.10. The van der Waals surface area contributed by atoms with Gasteiger partial charge in [0, 0.05) is 45.1 Å². The molecular weight excluding hydrogens is 414 g/mol. The number of hydrogen-bond donors (Lipinski definition) is 0. The van der Waals surface area contributed by atoms with Crippen molar-refractivity contribution in [2.24, 2.45) is 0 Å². The normalized spacial score (nSPS) is 15.7. The molecule has 1 amide bonds. The van der Waals surface area contributed by atoms with Crippen molar-refractivity contribution in [2.45, 2.75) is 18.4 Å². The molecule has 1 aromatic carbocycles. The van der Waals surface area contributed by atoms with Gasteiger partial charge in [0.25, 0.3) is 5.91 Å². The van der Waals surface area contributed by atoms with Crippen molar-refractivity contribution in [3.63, 3.8) is 0 Å². The quantitative estimate of drug-likeness (QED) is 0.608. The van der Waals surface area contributed by atoms with Crippen LogP contribution in [0.25, 0.3) is 10.2 Å². The van der Waals surface area contributed by atoms with Gasteiger partial charge in [-0.2, -0.15) is 4.31 Å². The third-order valence-electron chi connectivity index (χ3n) is 4.90. The first kappa shape index (κ1) is 19.7. The van der Waals surface area contributed by atoms with Crippen molar-refractivity contribution in [3.05, 3.63) is 52.2 Å². The maximum atomic E-state index is 13.1. The number of carbonyl (C=O) groups excluding carboxylic acids is 1. The van der Waals surface area contributed by atoms with Crippen LogP contribution >= 0.6 is 11.3 Å². The van der Waals surface area contributed by atoms with Crippen molar-refractivity contribution < 1.29 is 13.2 Å². The zero-order valence-corrected chi connectivity index (χ0v) is 17.3. The topological polar surface area (TPSA) is 105 Å². The fraction of sp³-hybridized carbons (Fsp3) is 0.333. The Morgan fingerprint density at radius 3 is 2.59 bits per heavy atom. The van der Waals surface area contributed by atoms with E-state index in [4.69, 9.17) is 0 Å². The van der Waals surface area contributed by atoms with E-state index in [-0.39, 0.29) is 47.5 Å². The molecule has 9 nitrogen and oxygen atoms in total. The molecule has 0 bridgehead atoms. The van der Waals surface area contributed by atoms with E-state index in [0.717, 1.165) is 16.9 Å². The highest BCUT2D eigenvalue weighted by molar-refractivity contribution is 7.89. The van der Waals surface area contributed by atoms with Crippen molar-refractivity contribution in [3.8, 4) is 0 Å². The van der Waals surface area contributed by atoms with Crippen LogP contribution < -0.4 is 4.87 Å². The van der Waals surface area contributed by atoms with Gasteiger partial charge in [0.05, 0.1) is 21.3 Å². The first-order valence-corrected chi connectivity index (χ1v) is 11.4. The molecule has 1 aliphatic heterocycles. The predicted octanol–water partition coefficient (Wildman–Crippen LogP) is 1.02. The fourth-order valence-corrected chi connectivity index (χ4v) is 5.88.